The average molecular weight is 296 g/mol. The maximum atomic E-state index is 12.7. The Morgan fingerprint density at radius 3 is 2.90 bits per heavy atom. The van der Waals surface area contributed by atoms with Crippen LogP contribution in [0, 0.1) is 0 Å². The molecule has 6 heteroatoms. The second kappa shape index (κ2) is 5.79. The molecule has 2 atom stereocenters. The Morgan fingerprint density at radius 2 is 2.15 bits per heavy atom. The van der Waals surface area contributed by atoms with E-state index < -0.39 is 10.8 Å². The standard InChI is InChI=1S/C14H20N2O3S/c15-12-2-1-6-16-13(12)20(17)11-3-7-19-14(10-11)4-8-18-9-5-14/h1-2,6,11H,3-5,7-10,15H2. The van der Waals surface area contributed by atoms with Gasteiger partial charge in [0.05, 0.1) is 22.1 Å². The first-order valence-electron chi connectivity index (χ1n) is 7.03. The summed E-state index contributed by atoms with van der Waals surface area (Å²) in [7, 11) is -1.17. The number of ether oxygens (including phenoxy) is 2. The molecule has 2 aliphatic heterocycles. The SMILES string of the molecule is Nc1cccnc1S(=O)C1CCOC2(CCOCC2)C1. The number of aromatic nitrogens is 1. The highest BCUT2D eigenvalue weighted by molar-refractivity contribution is 7.85. The molecule has 0 radical (unpaired) electrons. The summed E-state index contributed by atoms with van der Waals surface area (Å²) in [5.74, 6) is 0. The Bertz CT molecular complexity index is 497. The van der Waals surface area contributed by atoms with Crippen LogP contribution < -0.4 is 5.73 Å². The number of nitrogen functional groups attached to an aromatic ring is 1. The van der Waals surface area contributed by atoms with Gasteiger partial charge < -0.3 is 15.2 Å². The summed E-state index contributed by atoms with van der Waals surface area (Å²) in [6.45, 7) is 2.11. The lowest BCUT2D eigenvalue weighted by molar-refractivity contribution is -0.131. The molecule has 2 saturated heterocycles. The second-order valence-corrected chi connectivity index (χ2v) is 7.10. The Kier molecular flexibility index (Phi) is 4.05. The maximum absolute atomic E-state index is 12.7. The molecule has 0 aromatic carbocycles. The molecule has 0 amide bonds. The van der Waals surface area contributed by atoms with Gasteiger partial charge in [0.15, 0.2) is 0 Å². The molecule has 2 unspecified atom stereocenters. The van der Waals surface area contributed by atoms with Gasteiger partial charge in [0.25, 0.3) is 0 Å². The van der Waals surface area contributed by atoms with Crippen molar-refractivity contribution in [3.05, 3.63) is 18.3 Å². The number of hydrogen-bond donors (Lipinski definition) is 1. The van der Waals surface area contributed by atoms with Crippen LogP contribution >= 0.6 is 0 Å². The van der Waals surface area contributed by atoms with Gasteiger partial charge in [0, 0.05) is 31.3 Å². The van der Waals surface area contributed by atoms with Crippen molar-refractivity contribution in [2.45, 2.75) is 41.6 Å². The van der Waals surface area contributed by atoms with Crippen molar-refractivity contribution in [2.24, 2.45) is 0 Å². The van der Waals surface area contributed by atoms with E-state index in [9.17, 15) is 4.21 Å². The number of hydrogen-bond acceptors (Lipinski definition) is 5. The monoisotopic (exact) mass is 296 g/mol. The lowest BCUT2D eigenvalue weighted by atomic mass is 9.86. The number of nitrogens with two attached hydrogens (primary N) is 1. The van der Waals surface area contributed by atoms with Crippen LogP contribution in [0.25, 0.3) is 0 Å². The van der Waals surface area contributed by atoms with Gasteiger partial charge in [-0.05, 0) is 37.8 Å². The van der Waals surface area contributed by atoms with Crippen molar-refractivity contribution in [3.8, 4) is 0 Å². The molecule has 3 heterocycles. The molecule has 3 rings (SSSR count). The van der Waals surface area contributed by atoms with Crippen LogP contribution in [0.15, 0.2) is 23.4 Å². The lowest BCUT2D eigenvalue weighted by Gasteiger charge is -2.42. The smallest absolute Gasteiger partial charge is 0.150 e. The van der Waals surface area contributed by atoms with Crippen LogP contribution in [0.4, 0.5) is 5.69 Å². The molecule has 2 fully saturated rings. The molecule has 1 aromatic rings. The molecule has 0 saturated carbocycles. The van der Waals surface area contributed by atoms with Gasteiger partial charge in [-0.15, -0.1) is 0 Å². The summed E-state index contributed by atoms with van der Waals surface area (Å²) < 4.78 is 24.1. The van der Waals surface area contributed by atoms with E-state index in [1.807, 2.05) is 0 Å². The van der Waals surface area contributed by atoms with Gasteiger partial charge in [0.1, 0.15) is 5.03 Å². The van der Waals surface area contributed by atoms with E-state index in [1.165, 1.54) is 0 Å². The van der Waals surface area contributed by atoms with Crippen molar-refractivity contribution in [3.63, 3.8) is 0 Å². The van der Waals surface area contributed by atoms with Crippen LogP contribution in [0.1, 0.15) is 25.7 Å². The van der Waals surface area contributed by atoms with Crippen molar-refractivity contribution in [1.82, 2.24) is 4.98 Å². The van der Waals surface area contributed by atoms with Gasteiger partial charge in [0.2, 0.25) is 0 Å². The van der Waals surface area contributed by atoms with Crippen LogP contribution in [0.5, 0.6) is 0 Å². The molecule has 0 bridgehead atoms. The van der Waals surface area contributed by atoms with E-state index in [4.69, 9.17) is 15.2 Å². The van der Waals surface area contributed by atoms with Crippen LogP contribution in [0.2, 0.25) is 0 Å². The van der Waals surface area contributed by atoms with E-state index in [-0.39, 0.29) is 10.9 Å². The highest BCUT2D eigenvalue weighted by Gasteiger charge is 2.41. The molecule has 2 aliphatic rings. The van der Waals surface area contributed by atoms with Crippen molar-refractivity contribution >= 4 is 16.5 Å². The van der Waals surface area contributed by atoms with Crippen LogP contribution in [-0.2, 0) is 20.3 Å². The zero-order valence-corrected chi connectivity index (χ0v) is 12.2. The zero-order valence-electron chi connectivity index (χ0n) is 11.4. The van der Waals surface area contributed by atoms with E-state index in [1.54, 1.807) is 18.3 Å². The molecule has 5 nitrogen and oxygen atoms in total. The van der Waals surface area contributed by atoms with Gasteiger partial charge in [-0.2, -0.15) is 0 Å². The topological polar surface area (TPSA) is 74.4 Å². The minimum Gasteiger partial charge on any atom is -0.396 e. The first-order valence-corrected chi connectivity index (χ1v) is 8.24. The molecule has 110 valence electrons. The number of pyridine rings is 1. The molecular weight excluding hydrogens is 276 g/mol. The van der Waals surface area contributed by atoms with Crippen molar-refractivity contribution < 1.29 is 13.7 Å². The number of anilines is 1. The van der Waals surface area contributed by atoms with E-state index in [2.05, 4.69) is 4.98 Å². The quantitative estimate of drug-likeness (QED) is 0.895. The molecule has 0 aliphatic carbocycles. The lowest BCUT2D eigenvalue weighted by Crippen LogP contribution is -2.47. The maximum Gasteiger partial charge on any atom is 0.150 e. The van der Waals surface area contributed by atoms with E-state index in [0.29, 0.717) is 17.3 Å². The Balaban J connectivity index is 1.77. The zero-order chi connectivity index (χ0) is 14.0. The molecular formula is C14H20N2O3S. The molecule has 20 heavy (non-hydrogen) atoms. The predicted molar refractivity (Wildman–Crippen MR) is 76.8 cm³/mol. The summed E-state index contributed by atoms with van der Waals surface area (Å²) in [5, 5.41) is 0.584. The fourth-order valence-electron chi connectivity index (χ4n) is 2.99. The third kappa shape index (κ3) is 2.73. The van der Waals surface area contributed by atoms with Gasteiger partial charge >= 0.3 is 0 Å². The fraction of sp³-hybridized carbons (Fsp3) is 0.643. The predicted octanol–water partition coefficient (Wildman–Crippen LogP) is 1.50. The summed E-state index contributed by atoms with van der Waals surface area (Å²) in [6, 6.07) is 3.52. The third-order valence-corrected chi connectivity index (χ3v) is 5.88. The van der Waals surface area contributed by atoms with E-state index in [0.717, 1.165) is 38.9 Å². The minimum atomic E-state index is -1.17. The first-order chi connectivity index (χ1) is 9.70. The van der Waals surface area contributed by atoms with Gasteiger partial charge in [-0.1, -0.05) is 0 Å². The second-order valence-electron chi connectivity index (χ2n) is 5.45. The third-order valence-electron chi connectivity index (χ3n) is 4.15. The van der Waals surface area contributed by atoms with Gasteiger partial charge in [-0.25, -0.2) is 4.98 Å². The van der Waals surface area contributed by atoms with Crippen molar-refractivity contribution in [2.75, 3.05) is 25.6 Å². The number of rotatable bonds is 2. The first kappa shape index (κ1) is 14.0. The highest BCUT2D eigenvalue weighted by atomic mass is 32.2. The summed E-state index contributed by atoms with van der Waals surface area (Å²) >= 11 is 0. The highest BCUT2D eigenvalue weighted by Crippen LogP contribution is 2.37. The van der Waals surface area contributed by atoms with Crippen LogP contribution in [0.3, 0.4) is 0 Å². The number of nitrogens with zero attached hydrogens (tertiary/aromatic N) is 1. The Labute approximate surface area is 121 Å². The molecule has 1 spiro atoms. The Hall–Kier alpha value is -0.980. The summed E-state index contributed by atoms with van der Waals surface area (Å²) in [6.07, 6.45) is 5.02. The largest absolute Gasteiger partial charge is 0.396 e. The normalized spacial score (nSPS) is 27.3. The fourth-order valence-corrected chi connectivity index (χ4v) is 4.53. The van der Waals surface area contributed by atoms with Crippen molar-refractivity contribution in [1.29, 1.82) is 0 Å². The van der Waals surface area contributed by atoms with Gasteiger partial charge in [-0.3, -0.25) is 4.21 Å². The Morgan fingerprint density at radius 1 is 1.35 bits per heavy atom. The minimum absolute atomic E-state index is 0.0686. The van der Waals surface area contributed by atoms with E-state index >= 15 is 0 Å². The molecule has 1 aromatic heterocycles. The summed E-state index contributed by atoms with van der Waals surface area (Å²) in [5.41, 5.74) is 6.25. The average Bonchev–Trinajstić information content (AvgIpc) is 2.48. The summed E-state index contributed by atoms with van der Waals surface area (Å²) in [4.78, 5) is 4.20. The van der Waals surface area contributed by atoms with Crippen LogP contribution in [-0.4, -0.2) is 39.9 Å². The molecule has 2 N–H and O–H groups in total.